The summed E-state index contributed by atoms with van der Waals surface area (Å²) in [6.07, 6.45) is 3.43. The van der Waals surface area contributed by atoms with E-state index in [0.29, 0.717) is 6.17 Å². The van der Waals surface area contributed by atoms with Crippen LogP contribution in [0.1, 0.15) is 12.8 Å². The molecule has 3 fully saturated rings. The Morgan fingerprint density at radius 3 is 1.88 bits per heavy atom. The zero-order valence-electron chi connectivity index (χ0n) is 4.98. The van der Waals surface area contributed by atoms with Gasteiger partial charge in [-0.25, -0.2) is 0 Å². The molecule has 3 aliphatic rings. The van der Waals surface area contributed by atoms with Crippen LogP contribution in [0.2, 0.25) is 0 Å². The lowest BCUT2D eigenvalue weighted by molar-refractivity contribution is 0.201. The highest BCUT2D eigenvalue weighted by atomic mass is 15.2. The lowest BCUT2D eigenvalue weighted by atomic mass is 9.93. The van der Waals surface area contributed by atoms with Gasteiger partial charge in [0.1, 0.15) is 0 Å². The molecular weight excluding hydrogens is 100 g/mol. The molecule has 3 heterocycles. The zero-order chi connectivity index (χ0) is 5.40. The van der Waals surface area contributed by atoms with Crippen LogP contribution in [0.4, 0.5) is 0 Å². The Balaban J connectivity index is 2.03. The third kappa shape index (κ3) is 0.644. The maximum Gasteiger partial charge on any atom is 0.0571 e. The van der Waals surface area contributed by atoms with E-state index in [9.17, 15) is 0 Å². The molecule has 2 N–H and O–H groups in total. The molecule has 2 bridgehead atoms. The van der Waals surface area contributed by atoms with E-state index in [2.05, 4.69) is 10.6 Å². The van der Waals surface area contributed by atoms with Gasteiger partial charge in [0.25, 0.3) is 0 Å². The van der Waals surface area contributed by atoms with E-state index < -0.39 is 0 Å². The van der Waals surface area contributed by atoms with Crippen molar-refractivity contribution in [2.45, 2.75) is 19.0 Å². The Morgan fingerprint density at radius 2 is 1.75 bits per heavy atom. The second kappa shape index (κ2) is 1.71. The Labute approximate surface area is 49.7 Å². The Kier molecular flexibility index (Phi) is 1.02. The Morgan fingerprint density at radius 1 is 1.00 bits per heavy atom. The molecule has 0 aromatic rings. The molecule has 0 radical (unpaired) electrons. The smallest absolute Gasteiger partial charge is 0.0571 e. The van der Waals surface area contributed by atoms with E-state index in [1.54, 1.807) is 0 Å². The molecule has 3 saturated heterocycles. The Hall–Kier alpha value is -0.0800. The fraction of sp³-hybridized carbons (Fsp3) is 1.00. The van der Waals surface area contributed by atoms with E-state index in [4.69, 9.17) is 0 Å². The quantitative estimate of drug-likeness (QED) is 0.458. The van der Waals surface area contributed by atoms with Crippen LogP contribution in [0.15, 0.2) is 0 Å². The van der Waals surface area contributed by atoms with Crippen molar-refractivity contribution in [3.05, 3.63) is 0 Å². The highest BCUT2D eigenvalue weighted by Gasteiger charge is 2.25. The second-order valence-electron chi connectivity index (χ2n) is 2.81. The minimum Gasteiger partial charge on any atom is -0.302 e. The van der Waals surface area contributed by atoms with Gasteiger partial charge in [-0.05, 0) is 18.8 Å². The minimum atomic E-state index is 0.653. The molecule has 2 nitrogen and oxygen atoms in total. The normalized spacial score (nSPS) is 45.0. The molecule has 0 aromatic carbocycles. The van der Waals surface area contributed by atoms with E-state index in [-0.39, 0.29) is 0 Å². The van der Waals surface area contributed by atoms with Crippen molar-refractivity contribution in [2.24, 2.45) is 5.92 Å². The van der Waals surface area contributed by atoms with Crippen LogP contribution in [-0.4, -0.2) is 19.3 Å². The minimum absolute atomic E-state index is 0.653. The first-order chi connectivity index (χ1) is 3.95. The molecule has 0 saturated carbocycles. The van der Waals surface area contributed by atoms with E-state index in [1.807, 2.05) is 0 Å². The first-order valence-electron chi connectivity index (χ1n) is 3.42. The Bertz CT molecular complexity index is 61.5. The van der Waals surface area contributed by atoms with Gasteiger partial charge in [0.05, 0.1) is 6.17 Å². The molecule has 0 unspecified atom stereocenters. The maximum atomic E-state index is 3.41. The van der Waals surface area contributed by atoms with Crippen LogP contribution in [0.25, 0.3) is 0 Å². The summed E-state index contributed by atoms with van der Waals surface area (Å²) in [5, 5.41) is 6.81. The predicted molar refractivity (Wildman–Crippen MR) is 32.5 cm³/mol. The topological polar surface area (TPSA) is 24.1 Å². The molecule has 3 aliphatic heterocycles. The lowest BCUT2D eigenvalue weighted by Crippen LogP contribution is -2.56. The SMILES string of the molecule is C1CC2NCC1CN2. The monoisotopic (exact) mass is 112 g/mol. The van der Waals surface area contributed by atoms with Crippen LogP contribution in [-0.2, 0) is 0 Å². The van der Waals surface area contributed by atoms with Gasteiger partial charge in [-0.2, -0.15) is 0 Å². The van der Waals surface area contributed by atoms with E-state index >= 15 is 0 Å². The second-order valence-corrected chi connectivity index (χ2v) is 2.81. The summed E-state index contributed by atoms with van der Waals surface area (Å²) >= 11 is 0. The predicted octanol–water partition coefficient (Wildman–Crippen LogP) is -0.0847. The van der Waals surface area contributed by atoms with Crippen LogP contribution in [0.3, 0.4) is 0 Å². The summed E-state index contributed by atoms with van der Waals surface area (Å²) in [5.74, 6) is 0.931. The van der Waals surface area contributed by atoms with Gasteiger partial charge in [-0.3, -0.25) is 0 Å². The van der Waals surface area contributed by atoms with Crippen molar-refractivity contribution in [1.29, 1.82) is 0 Å². The number of nitrogens with one attached hydrogen (secondary N) is 2. The number of rotatable bonds is 0. The largest absolute Gasteiger partial charge is 0.302 e. The van der Waals surface area contributed by atoms with E-state index in [0.717, 1.165) is 5.92 Å². The lowest BCUT2D eigenvalue weighted by Gasteiger charge is -2.37. The van der Waals surface area contributed by atoms with Gasteiger partial charge in [-0.15, -0.1) is 0 Å². The van der Waals surface area contributed by atoms with Crippen LogP contribution in [0.5, 0.6) is 0 Å². The van der Waals surface area contributed by atoms with Crippen LogP contribution < -0.4 is 10.6 Å². The van der Waals surface area contributed by atoms with Crippen molar-refractivity contribution >= 4 is 0 Å². The molecule has 0 amide bonds. The summed E-state index contributed by atoms with van der Waals surface area (Å²) in [6.45, 7) is 2.50. The molecule has 46 valence electrons. The van der Waals surface area contributed by atoms with Gasteiger partial charge < -0.3 is 10.6 Å². The van der Waals surface area contributed by atoms with Crippen molar-refractivity contribution in [3.63, 3.8) is 0 Å². The van der Waals surface area contributed by atoms with Gasteiger partial charge in [0.15, 0.2) is 0 Å². The van der Waals surface area contributed by atoms with Gasteiger partial charge in [0, 0.05) is 13.1 Å². The molecule has 3 rings (SSSR count). The summed E-state index contributed by atoms with van der Waals surface area (Å²) < 4.78 is 0. The molecule has 0 aliphatic carbocycles. The third-order valence-electron chi connectivity index (χ3n) is 2.17. The van der Waals surface area contributed by atoms with Crippen molar-refractivity contribution < 1.29 is 0 Å². The maximum absolute atomic E-state index is 3.41. The number of hydrogen-bond acceptors (Lipinski definition) is 2. The van der Waals surface area contributed by atoms with Crippen molar-refractivity contribution in [3.8, 4) is 0 Å². The summed E-state index contributed by atoms with van der Waals surface area (Å²) in [5.41, 5.74) is 0. The van der Waals surface area contributed by atoms with Gasteiger partial charge in [-0.1, -0.05) is 0 Å². The van der Waals surface area contributed by atoms with Crippen molar-refractivity contribution in [1.82, 2.24) is 10.6 Å². The summed E-state index contributed by atoms with van der Waals surface area (Å²) in [6, 6.07) is 0. The number of hydrogen-bond donors (Lipinski definition) is 2. The first-order valence-corrected chi connectivity index (χ1v) is 3.42. The van der Waals surface area contributed by atoms with Gasteiger partial charge >= 0.3 is 0 Å². The third-order valence-corrected chi connectivity index (χ3v) is 2.17. The summed E-state index contributed by atoms with van der Waals surface area (Å²) in [7, 11) is 0. The van der Waals surface area contributed by atoms with E-state index in [1.165, 1.54) is 25.9 Å². The summed E-state index contributed by atoms with van der Waals surface area (Å²) in [4.78, 5) is 0. The number of fused-ring (bicyclic) bond motifs is 3. The van der Waals surface area contributed by atoms with Crippen molar-refractivity contribution in [2.75, 3.05) is 13.1 Å². The molecule has 0 atom stereocenters. The fourth-order valence-corrected chi connectivity index (χ4v) is 1.57. The van der Waals surface area contributed by atoms with Gasteiger partial charge in [0.2, 0.25) is 0 Å². The standard InChI is InChI=1S/C6H12N2/c1-2-6-7-3-5(1)4-8-6/h5-8H,1-4H2. The first kappa shape index (κ1) is 4.77. The average Bonchev–Trinajstić information content (AvgIpc) is 1.92. The molecule has 0 aromatic heterocycles. The van der Waals surface area contributed by atoms with Crippen LogP contribution in [0, 0.1) is 5.92 Å². The molecule has 0 spiro atoms. The van der Waals surface area contributed by atoms with Crippen LogP contribution >= 0.6 is 0 Å². The highest BCUT2D eigenvalue weighted by molar-refractivity contribution is 4.83. The molecule has 8 heavy (non-hydrogen) atoms. The molecular formula is C6H12N2. The highest BCUT2D eigenvalue weighted by Crippen LogP contribution is 2.16. The number of piperidine rings is 2. The molecule has 2 heteroatoms. The fourth-order valence-electron chi connectivity index (χ4n) is 1.57. The zero-order valence-corrected chi connectivity index (χ0v) is 4.98. The average molecular weight is 112 g/mol.